The zero-order chi connectivity index (χ0) is 14.7. The van der Waals surface area contributed by atoms with Crippen molar-refractivity contribution in [2.45, 2.75) is 0 Å². The van der Waals surface area contributed by atoms with Crippen molar-refractivity contribution in [1.82, 2.24) is 0 Å². The molecule has 0 bridgehead atoms. The van der Waals surface area contributed by atoms with Crippen LogP contribution in [0.2, 0.25) is 0 Å². The van der Waals surface area contributed by atoms with Crippen LogP contribution in [0.25, 0.3) is 0 Å². The van der Waals surface area contributed by atoms with Gasteiger partial charge in [-0.3, -0.25) is 4.79 Å². The zero-order valence-electron chi connectivity index (χ0n) is 11.1. The third kappa shape index (κ3) is 3.46. The standard InChI is InChI=1S/C15H13BrN2O3/c16-10-2-1-3-11(6-10)17-8-15(19)18-12-4-5-13-14(7-12)21-9-20-13/h1-7,17H,8-9H2,(H,18,19). The van der Waals surface area contributed by atoms with Crippen molar-refractivity contribution >= 4 is 33.2 Å². The van der Waals surface area contributed by atoms with Gasteiger partial charge in [0.1, 0.15) is 0 Å². The minimum Gasteiger partial charge on any atom is -0.454 e. The summed E-state index contributed by atoms with van der Waals surface area (Å²) in [5.41, 5.74) is 1.56. The number of carbonyl (C=O) groups is 1. The van der Waals surface area contributed by atoms with E-state index in [9.17, 15) is 4.79 Å². The Morgan fingerprint density at radius 1 is 1.10 bits per heavy atom. The molecular weight excluding hydrogens is 336 g/mol. The third-order valence-electron chi connectivity index (χ3n) is 2.93. The second-order valence-corrected chi connectivity index (χ2v) is 5.40. The number of anilines is 2. The van der Waals surface area contributed by atoms with E-state index in [-0.39, 0.29) is 19.2 Å². The summed E-state index contributed by atoms with van der Waals surface area (Å²) < 4.78 is 11.5. The van der Waals surface area contributed by atoms with Crippen molar-refractivity contribution in [3.05, 3.63) is 46.9 Å². The Bertz CT molecular complexity index is 676. The molecule has 0 saturated carbocycles. The Kier molecular flexibility index (Phi) is 3.96. The first kappa shape index (κ1) is 13.8. The van der Waals surface area contributed by atoms with E-state index in [2.05, 4.69) is 26.6 Å². The van der Waals surface area contributed by atoms with Crippen LogP contribution in [-0.4, -0.2) is 19.2 Å². The van der Waals surface area contributed by atoms with Gasteiger partial charge in [-0.25, -0.2) is 0 Å². The smallest absolute Gasteiger partial charge is 0.243 e. The number of amides is 1. The average molecular weight is 349 g/mol. The van der Waals surface area contributed by atoms with Crippen molar-refractivity contribution in [3.63, 3.8) is 0 Å². The number of rotatable bonds is 4. The first-order chi connectivity index (χ1) is 10.2. The van der Waals surface area contributed by atoms with Gasteiger partial charge in [-0.2, -0.15) is 0 Å². The van der Waals surface area contributed by atoms with Crippen LogP contribution in [0, 0.1) is 0 Å². The highest BCUT2D eigenvalue weighted by molar-refractivity contribution is 9.10. The number of benzene rings is 2. The Morgan fingerprint density at radius 3 is 2.81 bits per heavy atom. The Hall–Kier alpha value is -2.21. The van der Waals surface area contributed by atoms with Crippen LogP contribution >= 0.6 is 15.9 Å². The molecule has 6 heteroatoms. The monoisotopic (exact) mass is 348 g/mol. The minimum absolute atomic E-state index is 0.131. The van der Waals surface area contributed by atoms with Crippen molar-refractivity contribution in [2.24, 2.45) is 0 Å². The summed E-state index contributed by atoms with van der Waals surface area (Å²) in [6.45, 7) is 0.405. The van der Waals surface area contributed by atoms with Crippen LogP contribution in [0.4, 0.5) is 11.4 Å². The van der Waals surface area contributed by atoms with Crippen molar-refractivity contribution in [3.8, 4) is 11.5 Å². The second kappa shape index (κ2) is 6.05. The summed E-state index contributed by atoms with van der Waals surface area (Å²) in [6.07, 6.45) is 0. The SMILES string of the molecule is O=C(CNc1cccc(Br)c1)Nc1ccc2c(c1)OCO2. The van der Waals surface area contributed by atoms with Crippen molar-refractivity contribution < 1.29 is 14.3 Å². The number of halogens is 1. The molecule has 1 heterocycles. The van der Waals surface area contributed by atoms with Crippen LogP contribution in [-0.2, 0) is 4.79 Å². The van der Waals surface area contributed by atoms with E-state index in [1.807, 2.05) is 24.3 Å². The molecule has 2 aromatic carbocycles. The van der Waals surface area contributed by atoms with Crippen molar-refractivity contribution in [2.75, 3.05) is 24.0 Å². The van der Waals surface area contributed by atoms with Gasteiger partial charge in [0.05, 0.1) is 6.54 Å². The fourth-order valence-electron chi connectivity index (χ4n) is 1.96. The Labute approximate surface area is 130 Å². The maximum Gasteiger partial charge on any atom is 0.243 e. The van der Waals surface area contributed by atoms with E-state index in [4.69, 9.17) is 9.47 Å². The number of ether oxygens (including phenoxy) is 2. The predicted octanol–water partition coefficient (Wildman–Crippen LogP) is 3.23. The zero-order valence-corrected chi connectivity index (χ0v) is 12.6. The van der Waals surface area contributed by atoms with Gasteiger partial charge in [0.25, 0.3) is 0 Å². The molecule has 108 valence electrons. The number of carbonyl (C=O) groups excluding carboxylic acids is 1. The second-order valence-electron chi connectivity index (χ2n) is 4.48. The fraction of sp³-hybridized carbons (Fsp3) is 0.133. The lowest BCUT2D eigenvalue weighted by atomic mass is 10.2. The van der Waals surface area contributed by atoms with Gasteiger partial charge in [-0.05, 0) is 30.3 Å². The normalized spacial score (nSPS) is 12.0. The quantitative estimate of drug-likeness (QED) is 0.890. The molecule has 0 unspecified atom stereocenters. The number of fused-ring (bicyclic) bond motifs is 1. The fourth-order valence-corrected chi connectivity index (χ4v) is 2.36. The summed E-state index contributed by atoms with van der Waals surface area (Å²) in [5.74, 6) is 1.21. The average Bonchev–Trinajstić information content (AvgIpc) is 2.93. The lowest BCUT2D eigenvalue weighted by molar-refractivity contribution is -0.114. The van der Waals surface area contributed by atoms with Crippen LogP contribution in [0.15, 0.2) is 46.9 Å². The van der Waals surface area contributed by atoms with Crippen LogP contribution in [0.1, 0.15) is 0 Å². The summed E-state index contributed by atoms with van der Waals surface area (Å²) in [6, 6.07) is 13.0. The van der Waals surface area contributed by atoms with Crippen LogP contribution in [0.5, 0.6) is 11.5 Å². The number of hydrogen-bond acceptors (Lipinski definition) is 4. The molecule has 0 aliphatic carbocycles. The molecule has 1 aliphatic rings. The number of nitrogens with one attached hydrogen (secondary N) is 2. The Balaban J connectivity index is 1.57. The van der Waals surface area contributed by atoms with Gasteiger partial charge in [0, 0.05) is 21.9 Å². The predicted molar refractivity (Wildman–Crippen MR) is 83.8 cm³/mol. The van der Waals surface area contributed by atoms with E-state index in [1.165, 1.54) is 0 Å². The summed E-state index contributed by atoms with van der Waals surface area (Å²) in [4.78, 5) is 11.9. The highest BCUT2D eigenvalue weighted by atomic mass is 79.9. The molecule has 0 spiro atoms. The van der Waals surface area contributed by atoms with Gasteiger partial charge < -0.3 is 20.1 Å². The molecule has 1 amide bonds. The van der Waals surface area contributed by atoms with Gasteiger partial charge in [0.2, 0.25) is 12.7 Å². The van der Waals surface area contributed by atoms with Crippen LogP contribution < -0.4 is 20.1 Å². The molecule has 3 rings (SSSR count). The van der Waals surface area contributed by atoms with Gasteiger partial charge >= 0.3 is 0 Å². The minimum atomic E-state index is -0.131. The molecular formula is C15H13BrN2O3. The van der Waals surface area contributed by atoms with Crippen molar-refractivity contribution in [1.29, 1.82) is 0 Å². The van der Waals surface area contributed by atoms with Gasteiger partial charge in [0.15, 0.2) is 11.5 Å². The maximum atomic E-state index is 11.9. The molecule has 1 aliphatic heterocycles. The maximum absolute atomic E-state index is 11.9. The molecule has 2 N–H and O–H groups in total. The first-order valence-corrected chi connectivity index (χ1v) is 7.19. The molecule has 0 saturated heterocycles. The topological polar surface area (TPSA) is 59.6 Å². The highest BCUT2D eigenvalue weighted by Crippen LogP contribution is 2.34. The molecule has 2 aromatic rings. The third-order valence-corrected chi connectivity index (χ3v) is 3.43. The molecule has 0 aromatic heterocycles. The molecule has 5 nitrogen and oxygen atoms in total. The van der Waals surface area contributed by atoms with E-state index < -0.39 is 0 Å². The van der Waals surface area contributed by atoms with Gasteiger partial charge in [-0.15, -0.1) is 0 Å². The van der Waals surface area contributed by atoms with E-state index >= 15 is 0 Å². The molecule has 0 fully saturated rings. The molecule has 21 heavy (non-hydrogen) atoms. The lowest BCUT2D eigenvalue weighted by Crippen LogP contribution is -2.21. The first-order valence-electron chi connectivity index (χ1n) is 6.40. The summed E-state index contributed by atoms with van der Waals surface area (Å²) >= 11 is 3.39. The van der Waals surface area contributed by atoms with E-state index in [1.54, 1.807) is 18.2 Å². The highest BCUT2D eigenvalue weighted by Gasteiger charge is 2.14. The molecule has 0 radical (unpaired) electrons. The largest absolute Gasteiger partial charge is 0.454 e. The lowest BCUT2D eigenvalue weighted by Gasteiger charge is -2.08. The van der Waals surface area contributed by atoms with E-state index in [0.29, 0.717) is 17.2 Å². The van der Waals surface area contributed by atoms with Crippen LogP contribution in [0.3, 0.4) is 0 Å². The summed E-state index contributed by atoms with van der Waals surface area (Å²) in [5, 5.41) is 5.87. The Morgan fingerprint density at radius 2 is 1.95 bits per heavy atom. The van der Waals surface area contributed by atoms with Gasteiger partial charge in [-0.1, -0.05) is 22.0 Å². The van der Waals surface area contributed by atoms with E-state index in [0.717, 1.165) is 10.2 Å². The molecule has 0 atom stereocenters. The number of hydrogen-bond donors (Lipinski definition) is 2. The summed E-state index contributed by atoms with van der Waals surface area (Å²) in [7, 11) is 0.